The Kier molecular flexibility index (Phi) is 16.9. The minimum absolute atomic E-state index is 0. The molecule has 1 aromatic carbocycles. The van der Waals surface area contributed by atoms with Gasteiger partial charge in [0.15, 0.2) is 0 Å². The molecule has 5 aromatic rings. The number of aliphatic hydroxyl groups is 3. The van der Waals surface area contributed by atoms with Crippen LogP contribution in [0.15, 0.2) is 104 Å². The molecule has 0 radical (unpaired) electrons. The van der Waals surface area contributed by atoms with Crippen molar-refractivity contribution < 1.29 is 62.2 Å². The summed E-state index contributed by atoms with van der Waals surface area (Å²) in [5, 5.41) is 35.6. The monoisotopic (exact) mass is 1250 g/mol. The van der Waals surface area contributed by atoms with Gasteiger partial charge in [-0.1, -0.05) is 60.6 Å². The van der Waals surface area contributed by atoms with Gasteiger partial charge in [0, 0.05) is 84.6 Å². The highest BCUT2D eigenvalue weighted by Gasteiger charge is 2.71. The Balaban J connectivity index is 0.000000203. The highest BCUT2D eigenvalue weighted by molar-refractivity contribution is 14.0. The number of ether oxygens (including phenoxy) is 5. The molecule has 4 unspecified atom stereocenters. The smallest absolute Gasteiger partial charge is 0.345 e. The van der Waals surface area contributed by atoms with Crippen LogP contribution >= 0.6 is 24.0 Å². The lowest BCUT2D eigenvalue weighted by Crippen LogP contribution is -2.70. The topological polar surface area (TPSA) is 244 Å². The summed E-state index contributed by atoms with van der Waals surface area (Å²) in [6.07, 6.45) is 7.18. The molecule has 0 saturated heterocycles. The summed E-state index contributed by atoms with van der Waals surface area (Å²) in [7, 11) is 0. The zero-order valence-electron chi connectivity index (χ0n) is 49.3. The predicted molar refractivity (Wildman–Crippen MR) is 317 cm³/mol. The second kappa shape index (κ2) is 22.8. The van der Waals surface area contributed by atoms with Gasteiger partial charge in [0.2, 0.25) is 0 Å². The Morgan fingerprint density at radius 3 is 1.53 bits per heavy atom. The molecule has 4 saturated carbocycles. The van der Waals surface area contributed by atoms with Crippen LogP contribution in [0.2, 0.25) is 0 Å². The first-order valence-corrected chi connectivity index (χ1v) is 28.9. The van der Waals surface area contributed by atoms with Crippen LogP contribution in [0.3, 0.4) is 0 Å². The number of nitrogens with zero attached hydrogens (tertiary/aromatic N) is 2. The number of halogens is 1. The van der Waals surface area contributed by atoms with E-state index in [4.69, 9.17) is 32.5 Å². The Bertz CT molecular complexity index is 3360. The number of aryl methyl sites for hydroxylation is 1. The van der Waals surface area contributed by atoms with Gasteiger partial charge < -0.3 is 47.8 Å². The van der Waals surface area contributed by atoms with Crippen LogP contribution in [-0.2, 0) is 30.2 Å². The lowest BCUT2D eigenvalue weighted by molar-refractivity contribution is -0.257. The van der Waals surface area contributed by atoms with Crippen molar-refractivity contribution in [3.05, 3.63) is 129 Å². The van der Waals surface area contributed by atoms with E-state index in [1.54, 1.807) is 73.3 Å². The van der Waals surface area contributed by atoms with E-state index in [0.29, 0.717) is 29.5 Å². The van der Waals surface area contributed by atoms with E-state index in [0.717, 1.165) is 37.7 Å². The van der Waals surface area contributed by atoms with Crippen molar-refractivity contribution in [3.63, 3.8) is 0 Å². The Morgan fingerprint density at radius 2 is 1.10 bits per heavy atom. The predicted octanol–water partition coefficient (Wildman–Crippen LogP) is 10.8. The number of carbonyl (C=O) groups is 3. The summed E-state index contributed by atoms with van der Waals surface area (Å²) in [6.45, 7) is 21.8. The Labute approximate surface area is 501 Å². The van der Waals surface area contributed by atoms with Gasteiger partial charge in [-0.2, -0.15) is 0 Å². The third-order valence-corrected chi connectivity index (χ3v) is 21.2. The highest BCUT2D eigenvalue weighted by atomic mass is 127. The van der Waals surface area contributed by atoms with Crippen molar-refractivity contribution in [2.45, 2.75) is 157 Å². The SMILES string of the molecule is CC(=O)OC[C@]1(C)C2C[C@H](O)[C@@]3(C)Oc4cc(-c5cccnc5)oc(=O)c4[C@H](O)C3[C@@]2(C)CC[C@@H]1C.CCc1ccc(C(=O)O[C@H]2CC3[C@](C)(CC[C@H](C)[C@@]3(C)COC(C)=O)C3[C@@H](O)c4c(cc(-c5cccnc5)oc4=O)O[C@@]32C)cc1.I. The summed E-state index contributed by atoms with van der Waals surface area (Å²) in [5.41, 5.74) is -2.79. The molecule has 0 amide bonds. The maximum atomic E-state index is 13.7. The van der Waals surface area contributed by atoms with E-state index in [1.807, 2.05) is 26.0 Å². The van der Waals surface area contributed by atoms with Crippen molar-refractivity contribution in [2.75, 3.05) is 13.2 Å². The summed E-state index contributed by atoms with van der Waals surface area (Å²) >= 11 is 0. The first-order valence-electron chi connectivity index (χ1n) is 28.9. The number of rotatable bonds is 9. The molecule has 3 N–H and O–H groups in total. The van der Waals surface area contributed by atoms with Gasteiger partial charge in [-0.25, -0.2) is 14.4 Å². The maximum Gasteiger partial charge on any atom is 0.345 e. The van der Waals surface area contributed by atoms with Gasteiger partial charge in [0.25, 0.3) is 0 Å². The molecule has 17 nitrogen and oxygen atoms in total. The van der Waals surface area contributed by atoms with Crippen molar-refractivity contribution in [2.24, 2.45) is 57.2 Å². The molecule has 446 valence electrons. The Hall–Kier alpha value is -5.96. The molecular weight excluding hydrogens is 1180 g/mol. The number of hydrogen-bond acceptors (Lipinski definition) is 17. The maximum absolute atomic E-state index is 13.7. The zero-order chi connectivity index (χ0) is 59.1. The van der Waals surface area contributed by atoms with E-state index in [2.05, 4.69) is 58.4 Å². The summed E-state index contributed by atoms with van der Waals surface area (Å²) in [6, 6.07) is 17.6. The first kappa shape index (κ1) is 61.6. The third kappa shape index (κ3) is 10.4. The Morgan fingerprint density at radius 1 is 0.651 bits per heavy atom. The van der Waals surface area contributed by atoms with E-state index < -0.39 is 86.3 Å². The molecule has 6 heterocycles. The number of aliphatic hydroxyl groups excluding tert-OH is 3. The van der Waals surface area contributed by atoms with Crippen molar-refractivity contribution >= 4 is 41.9 Å². The third-order valence-electron chi connectivity index (χ3n) is 21.2. The number of fused-ring (bicyclic) bond motifs is 8. The molecule has 18 heteroatoms. The average molecular weight is 1260 g/mol. The molecule has 16 atom stereocenters. The minimum atomic E-state index is -1.27. The molecule has 4 aromatic heterocycles. The van der Waals surface area contributed by atoms with Crippen LogP contribution in [-0.4, -0.2) is 79.8 Å². The van der Waals surface area contributed by atoms with E-state index in [-0.39, 0.29) is 107 Å². The quantitative estimate of drug-likeness (QED) is 0.0705. The van der Waals surface area contributed by atoms with Gasteiger partial charge in [0.05, 0.1) is 37.1 Å². The number of esters is 3. The molecule has 4 fully saturated rings. The fraction of sp³-hybridized carbons (Fsp3) is 0.554. The van der Waals surface area contributed by atoms with Crippen LogP contribution in [0.5, 0.6) is 11.5 Å². The molecule has 11 rings (SSSR count). The second-order valence-corrected chi connectivity index (χ2v) is 25.8. The first-order chi connectivity index (χ1) is 38.7. The lowest BCUT2D eigenvalue weighted by Gasteiger charge is -2.66. The average Bonchev–Trinajstić information content (AvgIpc) is 1.08. The number of hydrogen-bond donors (Lipinski definition) is 3. The molecular formula is C65H79IN2O15. The van der Waals surface area contributed by atoms with Crippen molar-refractivity contribution in [3.8, 4) is 34.1 Å². The molecule has 0 spiro atoms. The minimum Gasteiger partial charge on any atom is -0.484 e. The van der Waals surface area contributed by atoms with Crippen LogP contribution in [0.25, 0.3) is 22.6 Å². The van der Waals surface area contributed by atoms with Gasteiger partial charge in [-0.3, -0.25) is 19.6 Å². The van der Waals surface area contributed by atoms with Gasteiger partial charge in [0.1, 0.15) is 51.5 Å². The largest absolute Gasteiger partial charge is 0.484 e. The lowest BCUT2D eigenvalue weighted by atomic mass is 9.41. The zero-order valence-corrected chi connectivity index (χ0v) is 51.6. The van der Waals surface area contributed by atoms with E-state index >= 15 is 0 Å². The van der Waals surface area contributed by atoms with Crippen molar-refractivity contribution in [1.29, 1.82) is 0 Å². The van der Waals surface area contributed by atoms with Crippen LogP contribution in [0.4, 0.5) is 0 Å². The molecule has 4 aliphatic carbocycles. The number of aromatic nitrogens is 2. The fourth-order valence-electron chi connectivity index (χ4n) is 16.3. The molecule has 2 aliphatic heterocycles. The summed E-state index contributed by atoms with van der Waals surface area (Å²) < 4.78 is 42.2. The second-order valence-electron chi connectivity index (χ2n) is 25.8. The standard InChI is InChI=1S/C37H43NO8.C28H35NO7.HI/c1-7-23-10-12-24(13-11-23)33(41)45-29-18-28-35(4,15-14-21(2)36(28,5)20-43-22(3)39)32-31(40)30-27(46-37(29,32)6)17-26(44-34(30)42)25-9-8-16-38-19-25;1-15-8-9-26(3)20(27(15,4)14-34-16(2)30)12-21(31)28(5)24(26)23(32)22-19(36-28)11-18(35-25(22)33)17-7-6-10-29-13-17;/h8-13,16-17,19,21,28-29,31-32,40H,7,14-15,18,20H2,1-6H3;6-7,10-11,13,15,20-21,23-24,31-32H,8-9,12,14H2,1-5H3;1H/t21-,28?,29-,31-,32?,35-,36+,37+;15-,20?,21-,23-,24?,26-,27-,28+;/m00./s1. The van der Waals surface area contributed by atoms with Crippen LogP contribution in [0, 0.1) is 57.2 Å². The van der Waals surface area contributed by atoms with Gasteiger partial charge >= 0.3 is 29.2 Å². The highest BCUT2D eigenvalue weighted by Crippen LogP contribution is 2.70. The fourth-order valence-corrected chi connectivity index (χ4v) is 16.3. The molecule has 83 heavy (non-hydrogen) atoms. The van der Waals surface area contributed by atoms with Gasteiger partial charge in [-0.15, -0.1) is 24.0 Å². The van der Waals surface area contributed by atoms with E-state index in [9.17, 15) is 39.3 Å². The van der Waals surface area contributed by atoms with Gasteiger partial charge in [-0.05, 0) is 135 Å². The van der Waals surface area contributed by atoms with Crippen LogP contribution in [0.1, 0.15) is 154 Å². The number of carbonyl (C=O) groups excluding carboxylic acids is 3. The molecule has 0 bridgehead atoms. The summed E-state index contributed by atoms with van der Waals surface area (Å²) in [4.78, 5) is 72.5. The summed E-state index contributed by atoms with van der Waals surface area (Å²) in [5.74, 6) is -1.24. The molecule has 6 aliphatic rings. The van der Waals surface area contributed by atoms with Crippen molar-refractivity contribution in [1.82, 2.24) is 9.97 Å². The van der Waals surface area contributed by atoms with E-state index in [1.165, 1.54) is 13.8 Å². The van der Waals surface area contributed by atoms with Crippen LogP contribution < -0.4 is 20.7 Å². The normalized spacial score (nSPS) is 35.3. The number of pyridine rings is 2. The number of benzene rings is 1.